The third kappa shape index (κ3) is 4.14. The fraction of sp³-hybridized carbons (Fsp3) is 0.231. The van der Waals surface area contributed by atoms with Gasteiger partial charge in [-0.15, -0.1) is 10.2 Å². The zero-order valence-corrected chi connectivity index (χ0v) is 12.8. The van der Waals surface area contributed by atoms with Crippen molar-refractivity contribution < 1.29 is 8.42 Å². The lowest BCUT2D eigenvalue weighted by Gasteiger charge is -2.12. The quantitative estimate of drug-likeness (QED) is 0.878. The molecule has 0 spiro atoms. The van der Waals surface area contributed by atoms with Crippen LogP contribution >= 0.6 is 0 Å². The van der Waals surface area contributed by atoms with Gasteiger partial charge in [0.15, 0.2) is 11.6 Å². The molecule has 0 bridgehead atoms. The van der Waals surface area contributed by atoms with E-state index in [0.717, 1.165) is 9.99 Å². The number of anilines is 3. The van der Waals surface area contributed by atoms with Crippen molar-refractivity contribution in [2.75, 3.05) is 24.1 Å². The molecular formula is C13H17N5O2S. The number of nitrogens with zero attached hydrogens (tertiary/aromatic N) is 3. The van der Waals surface area contributed by atoms with Crippen LogP contribution in [-0.2, 0) is 10.2 Å². The van der Waals surface area contributed by atoms with Gasteiger partial charge in [0.05, 0.1) is 0 Å². The first-order valence-corrected chi connectivity index (χ1v) is 7.68. The molecule has 1 heterocycles. The number of hydrogen-bond acceptors (Lipinski definition) is 5. The summed E-state index contributed by atoms with van der Waals surface area (Å²) in [5.74, 6) is 0.699. The Labute approximate surface area is 124 Å². The molecule has 112 valence electrons. The van der Waals surface area contributed by atoms with E-state index in [0.29, 0.717) is 5.82 Å². The topological polar surface area (TPSA) is 87.2 Å². The number of rotatable bonds is 5. The number of nitrogens with one attached hydrogen (secondary N) is 2. The SMILES string of the molecule is Cc1ccc(Nc2ccc(NS(=O)(=O)N(C)C)nn2)cc1. The highest BCUT2D eigenvalue weighted by Crippen LogP contribution is 2.15. The summed E-state index contributed by atoms with van der Waals surface area (Å²) in [5.41, 5.74) is 2.05. The Kier molecular flexibility index (Phi) is 4.39. The standard InChI is InChI=1S/C13H17N5O2S/c1-10-4-6-11(7-5-10)14-12-8-9-13(16-15-12)17-21(19,20)18(2)3/h4-9H,1-3H3,(H,14,15)(H,16,17). The molecule has 0 saturated carbocycles. The van der Waals surface area contributed by atoms with Gasteiger partial charge in [-0.1, -0.05) is 17.7 Å². The number of benzene rings is 1. The molecule has 0 amide bonds. The predicted octanol–water partition coefficient (Wildman–Crippen LogP) is 1.75. The lowest BCUT2D eigenvalue weighted by Crippen LogP contribution is -2.29. The van der Waals surface area contributed by atoms with Crippen LogP contribution in [0.4, 0.5) is 17.3 Å². The summed E-state index contributed by atoms with van der Waals surface area (Å²) in [6.07, 6.45) is 0. The summed E-state index contributed by atoms with van der Waals surface area (Å²) >= 11 is 0. The molecule has 21 heavy (non-hydrogen) atoms. The van der Waals surface area contributed by atoms with Crippen molar-refractivity contribution in [2.45, 2.75) is 6.92 Å². The average molecular weight is 307 g/mol. The molecule has 1 aromatic carbocycles. The summed E-state index contributed by atoms with van der Waals surface area (Å²) in [4.78, 5) is 0. The van der Waals surface area contributed by atoms with Gasteiger partial charge in [-0.3, -0.25) is 4.72 Å². The van der Waals surface area contributed by atoms with Crippen LogP contribution in [0.3, 0.4) is 0 Å². The van der Waals surface area contributed by atoms with Crippen molar-refractivity contribution in [3.05, 3.63) is 42.0 Å². The van der Waals surface area contributed by atoms with Crippen molar-refractivity contribution in [3.63, 3.8) is 0 Å². The molecule has 2 N–H and O–H groups in total. The summed E-state index contributed by atoms with van der Waals surface area (Å²) < 4.78 is 26.7. The molecule has 2 rings (SSSR count). The summed E-state index contributed by atoms with van der Waals surface area (Å²) in [5, 5.41) is 10.8. The minimum atomic E-state index is -3.57. The summed E-state index contributed by atoms with van der Waals surface area (Å²) in [6, 6.07) is 11.0. The third-order valence-electron chi connectivity index (χ3n) is 2.70. The van der Waals surface area contributed by atoms with E-state index in [2.05, 4.69) is 20.2 Å². The molecule has 0 fully saturated rings. The van der Waals surface area contributed by atoms with E-state index in [1.165, 1.54) is 19.7 Å². The molecule has 0 atom stereocenters. The fourth-order valence-electron chi connectivity index (χ4n) is 1.46. The highest BCUT2D eigenvalue weighted by atomic mass is 32.2. The van der Waals surface area contributed by atoms with Gasteiger partial charge in [0.1, 0.15) is 0 Å². The van der Waals surface area contributed by atoms with Gasteiger partial charge in [0.2, 0.25) is 0 Å². The smallest absolute Gasteiger partial charge is 0.302 e. The second-order valence-electron chi connectivity index (χ2n) is 4.68. The number of aromatic nitrogens is 2. The molecule has 2 aromatic rings. The molecule has 0 unspecified atom stereocenters. The fourth-order valence-corrected chi connectivity index (χ4v) is 2.02. The van der Waals surface area contributed by atoms with Gasteiger partial charge in [0, 0.05) is 19.8 Å². The molecule has 1 aromatic heterocycles. The average Bonchev–Trinajstić information content (AvgIpc) is 2.43. The first kappa shape index (κ1) is 15.2. The molecule has 0 aliphatic heterocycles. The van der Waals surface area contributed by atoms with E-state index >= 15 is 0 Å². The molecule has 7 nitrogen and oxygen atoms in total. The molecule has 0 radical (unpaired) electrons. The minimum Gasteiger partial charge on any atom is -0.339 e. The summed E-state index contributed by atoms with van der Waals surface area (Å²) in [7, 11) is -0.700. The molecule has 8 heteroatoms. The van der Waals surface area contributed by atoms with Gasteiger partial charge < -0.3 is 5.32 Å². The number of aryl methyl sites for hydroxylation is 1. The van der Waals surface area contributed by atoms with Crippen molar-refractivity contribution in [3.8, 4) is 0 Å². The van der Waals surface area contributed by atoms with Gasteiger partial charge in [-0.05, 0) is 31.2 Å². The van der Waals surface area contributed by atoms with Gasteiger partial charge in [-0.2, -0.15) is 12.7 Å². The zero-order chi connectivity index (χ0) is 15.5. The van der Waals surface area contributed by atoms with Crippen molar-refractivity contribution >= 4 is 27.5 Å². The Bertz CT molecular complexity index is 696. The van der Waals surface area contributed by atoms with E-state index in [4.69, 9.17) is 0 Å². The van der Waals surface area contributed by atoms with Crippen molar-refractivity contribution in [1.82, 2.24) is 14.5 Å². The van der Waals surface area contributed by atoms with E-state index < -0.39 is 10.2 Å². The minimum absolute atomic E-state index is 0.165. The maximum absolute atomic E-state index is 11.6. The van der Waals surface area contributed by atoms with Crippen LogP contribution in [0, 0.1) is 6.92 Å². The maximum atomic E-state index is 11.6. The van der Waals surface area contributed by atoms with Crippen LogP contribution in [0.5, 0.6) is 0 Å². The van der Waals surface area contributed by atoms with Gasteiger partial charge >= 0.3 is 10.2 Å². The number of hydrogen-bond donors (Lipinski definition) is 2. The Morgan fingerprint density at radius 2 is 1.52 bits per heavy atom. The van der Waals surface area contributed by atoms with E-state index in [9.17, 15) is 8.42 Å². The molecule has 0 aliphatic carbocycles. The van der Waals surface area contributed by atoms with Crippen LogP contribution in [0.1, 0.15) is 5.56 Å². The van der Waals surface area contributed by atoms with Crippen LogP contribution in [-0.4, -0.2) is 37.0 Å². The van der Waals surface area contributed by atoms with Crippen molar-refractivity contribution in [1.29, 1.82) is 0 Å². The van der Waals surface area contributed by atoms with Crippen LogP contribution in [0.25, 0.3) is 0 Å². The highest BCUT2D eigenvalue weighted by molar-refractivity contribution is 7.90. The van der Waals surface area contributed by atoms with Crippen LogP contribution in [0.15, 0.2) is 36.4 Å². The maximum Gasteiger partial charge on any atom is 0.302 e. The molecule has 0 aliphatic rings. The summed E-state index contributed by atoms with van der Waals surface area (Å²) in [6.45, 7) is 2.01. The lowest BCUT2D eigenvalue weighted by atomic mass is 10.2. The first-order valence-electron chi connectivity index (χ1n) is 6.24. The van der Waals surface area contributed by atoms with Crippen LogP contribution < -0.4 is 10.0 Å². The van der Waals surface area contributed by atoms with Gasteiger partial charge in [0.25, 0.3) is 0 Å². The van der Waals surface area contributed by atoms with E-state index in [1.54, 1.807) is 12.1 Å². The monoisotopic (exact) mass is 307 g/mol. The van der Waals surface area contributed by atoms with Crippen LogP contribution in [0.2, 0.25) is 0 Å². The molecular weight excluding hydrogens is 290 g/mol. The predicted molar refractivity (Wildman–Crippen MR) is 82.7 cm³/mol. The van der Waals surface area contributed by atoms with E-state index in [1.807, 2.05) is 31.2 Å². The second-order valence-corrected chi connectivity index (χ2v) is 6.57. The van der Waals surface area contributed by atoms with Crippen molar-refractivity contribution in [2.24, 2.45) is 0 Å². The molecule has 0 saturated heterocycles. The zero-order valence-electron chi connectivity index (χ0n) is 12.0. The highest BCUT2D eigenvalue weighted by Gasteiger charge is 2.13. The third-order valence-corrected chi connectivity index (χ3v) is 4.13. The normalized spacial score (nSPS) is 11.4. The Balaban J connectivity index is 2.07. The van der Waals surface area contributed by atoms with Gasteiger partial charge in [-0.25, -0.2) is 0 Å². The Hall–Kier alpha value is -2.19. The van der Waals surface area contributed by atoms with E-state index in [-0.39, 0.29) is 5.82 Å². The lowest BCUT2D eigenvalue weighted by molar-refractivity contribution is 0.526. The Morgan fingerprint density at radius 1 is 0.952 bits per heavy atom. The first-order chi connectivity index (χ1) is 9.87. The second kappa shape index (κ2) is 6.06. The Morgan fingerprint density at radius 3 is 2.05 bits per heavy atom. The largest absolute Gasteiger partial charge is 0.339 e.